The van der Waals surface area contributed by atoms with Crippen LogP contribution in [0.5, 0.6) is 0 Å². The molecule has 2 N–H and O–H groups in total. The third-order valence-electron chi connectivity index (χ3n) is 4.31. The number of amides is 1. The standard InChI is InChI=1S/C17H19N5O3/c18-17(23)13-4-5-14(15(11-13)22(24)25)12-20-7-9-21(10-8-20)16-3-1-2-6-19-16/h1-6,11H,7-10,12H2,(H2,18,23). The maximum absolute atomic E-state index is 11.3. The molecule has 2 heterocycles. The van der Waals surface area contributed by atoms with Crippen molar-refractivity contribution in [1.29, 1.82) is 0 Å². The number of nitrogens with zero attached hydrogens (tertiary/aromatic N) is 4. The molecule has 0 spiro atoms. The lowest BCUT2D eigenvalue weighted by Gasteiger charge is -2.35. The van der Waals surface area contributed by atoms with Gasteiger partial charge in [-0.3, -0.25) is 19.8 Å². The summed E-state index contributed by atoms with van der Waals surface area (Å²) < 4.78 is 0. The van der Waals surface area contributed by atoms with E-state index in [-0.39, 0.29) is 11.3 Å². The Hall–Kier alpha value is -3.00. The number of rotatable bonds is 5. The van der Waals surface area contributed by atoms with Crippen LogP contribution < -0.4 is 10.6 Å². The lowest BCUT2D eigenvalue weighted by Crippen LogP contribution is -2.46. The number of hydrogen-bond donors (Lipinski definition) is 1. The Kier molecular flexibility index (Phi) is 4.90. The Morgan fingerprint density at radius 3 is 2.56 bits per heavy atom. The summed E-state index contributed by atoms with van der Waals surface area (Å²) in [5, 5.41) is 11.3. The van der Waals surface area contributed by atoms with E-state index in [1.165, 1.54) is 12.1 Å². The fraction of sp³-hybridized carbons (Fsp3) is 0.294. The van der Waals surface area contributed by atoms with Crippen LogP contribution in [0.15, 0.2) is 42.6 Å². The van der Waals surface area contributed by atoms with Gasteiger partial charge in [0, 0.05) is 56.1 Å². The topological polar surface area (TPSA) is 106 Å². The molecule has 130 valence electrons. The molecule has 1 fully saturated rings. The van der Waals surface area contributed by atoms with E-state index in [4.69, 9.17) is 5.73 Å². The van der Waals surface area contributed by atoms with Crippen LogP contribution in [0.3, 0.4) is 0 Å². The minimum atomic E-state index is -0.668. The molecule has 1 aliphatic rings. The number of benzene rings is 1. The molecule has 1 saturated heterocycles. The molecule has 1 aromatic heterocycles. The molecular weight excluding hydrogens is 322 g/mol. The number of nitrogens with two attached hydrogens (primary N) is 1. The fourth-order valence-electron chi connectivity index (χ4n) is 2.94. The molecule has 0 unspecified atom stereocenters. The highest BCUT2D eigenvalue weighted by atomic mass is 16.6. The number of nitro benzene ring substituents is 1. The Morgan fingerprint density at radius 1 is 1.20 bits per heavy atom. The first-order valence-corrected chi connectivity index (χ1v) is 8.00. The Morgan fingerprint density at radius 2 is 1.96 bits per heavy atom. The maximum atomic E-state index is 11.3. The second-order valence-electron chi connectivity index (χ2n) is 5.92. The van der Waals surface area contributed by atoms with E-state index >= 15 is 0 Å². The van der Waals surface area contributed by atoms with Crippen molar-refractivity contribution in [3.63, 3.8) is 0 Å². The maximum Gasteiger partial charge on any atom is 0.274 e. The van der Waals surface area contributed by atoms with Gasteiger partial charge in [-0.05, 0) is 18.2 Å². The zero-order valence-corrected chi connectivity index (χ0v) is 13.7. The first-order chi connectivity index (χ1) is 12.0. The first-order valence-electron chi connectivity index (χ1n) is 8.00. The van der Waals surface area contributed by atoms with E-state index in [1.807, 2.05) is 18.2 Å². The number of nitro groups is 1. The van der Waals surface area contributed by atoms with Crippen molar-refractivity contribution >= 4 is 17.4 Å². The summed E-state index contributed by atoms with van der Waals surface area (Å²) in [5.41, 5.74) is 5.87. The lowest BCUT2D eigenvalue weighted by atomic mass is 10.1. The summed E-state index contributed by atoms with van der Waals surface area (Å²) in [5.74, 6) is 0.276. The summed E-state index contributed by atoms with van der Waals surface area (Å²) in [6.07, 6.45) is 1.77. The van der Waals surface area contributed by atoms with E-state index < -0.39 is 10.8 Å². The van der Waals surface area contributed by atoms with Crippen LogP contribution in [0.25, 0.3) is 0 Å². The lowest BCUT2D eigenvalue weighted by molar-refractivity contribution is -0.385. The predicted octanol–water partition coefficient (Wildman–Crippen LogP) is 1.41. The molecule has 25 heavy (non-hydrogen) atoms. The molecule has 0 saturated carbocycles. The molecule has 0 atom stereocenters. The average Bonchev–Trinajstić information content (AvgIpc) is 2.63. The van der Waals surface area contributed by atoms with Gasteiger partial charge in [0.25, 0.3) is 5.69 Å². The molecule has 0 aliphatic carbocycles. The van der Waals surface area contributed by atoms with Crippen LogP contribution in [-0.4, -0.2) is 46.9 Å². The molecule has 8 heteroatoms. The van der Waals surface area contributed by atoms with Crippen molar-refractivity contribution in [1.82, 2.24) is 9.88 Å². The number of carbonyl (C=O) groups excluding carboxylic acids is 1. The molecule has 1 aliphatic heterocycles. The van der Waals surface area contributed by atoms with Gasteiger partial charge in [0.15, 0.2) is 0 Å². The summed E-state index contributed by atoms with van der Waals surface area (Å²) in [6, 6.07) is 10.2. The van der Waals surface area contributed by atoms with Gasteiger partial charge >= 0.3 is 0 Å². The zero-order chi connectivity index (χ0) is 17.8. The van der Waals surface area contributed by atoms with Crippen molar-refractivity contribution in [2.45, 2.75) is 6.54 Å². The molecule has 8 nitrogen and oxygen atoms in total. The fourth-order valence-corrected chi connectivity index (χ4v) is 2.94. The number of hydrogen-bond acceptors (Lipinski definition) is 6. The van der Waals surface area contributed by atoms with Crippen LogP contribution in [0.2, 0.25) is 0 Å². The van der Waals surface area contributed by atoms with E-state index in [1.54, 1.807) is 12.3 Å². The van der Waals surface area contributed by atoms with Crippen LogP contribution in [0, 0.1) is 10.1 Å². The normalized spacial score (nSPS) is 15.1. The summed E-state index contributed by atoms with van der Waals surface area (Å²) in [6.45, 7) is 3.65. The highest BCUT2D eigenvalue weighted by molar-refractivity contribution is 5.93. The van der Waals surface area contributed by atoms with Crippen molar-refractivity contribution < 1.29 is 9.72 Å². The van der Waals surface area contributed by atoms with E-state index in [0.717, 1.165) is 32.0 Å². The van der Waals surface area contributed by atoms with E-state index in [2.05, 4.69) is 14.8 Å². The Bertz CT molecular complexity index is 773. The molecule has 0 radical (unpaired) electrons. The third kappa shape index (κ3) is 3.92. The second kappa shape index (κ2) is 7.27. The minimum absolute atomic E-state index is 0.0662. The smallest absolute Gasteiger partial charge is 0.274 e. The van der Waals surface area contributed by atoms with Crippen LogP contribution in [0.4, 0.5) is 11.5 Å². The highest BCUT2D eigenvalue weighted by Crippen LogP contribution is 2.23. The van der Waals surface area contributed by atoms with Gasteiger partial charge in [-0.1, -0.05) is 12.1 Å². The van der Waals surface area contributed by atoms with E-state index in [9.17, 15) is 14.9 Å². The molecule has 1 amide bonds. The van der Waals surface area contributed by atoms with Gasteiger partial charge in [0.2, 0.25) is 5.91 Å². The van der Waals surface area contributed by atoms with Crippen LogP contribution in [-0.2, 0) is 6.54 Å². The molecule has 3 rings (SSSR count). The van der Waals surface area contributed by atoms with E-state index in [0.29, 0.717) is 12.1 Å². The Balaban J connectivity index is 1.68. The van der Waals surface area contributed by atoms with Crippen LogP contribution in [0.1, 0.15) is 15.9 Å². The SMILES string of the molecule is NC(=O)c1ccc(CN2CCN(c3ccccn3)CC2)c([N+](=O)[O-])c1. The molecule has 1 aromatic carbocycles. The first kappa shape index (κ1) is 16.8. The van der Waals surface area contributed by atoms with Crippen molar-refractivity contribution in [3.8, 4) is 0 Å². The largest absolute Gasteiger partial charge is 0.366 e. The molecule has 0 bridgehead atoms. The van der Waals surface area contributed by atoms with Crippen molar-refractivity contribution in [2.24, 2.45) is 5.73 Å². The van der Waals surface area contributed by atoms with Crippen molar-refractivity contribution in [3.05, 3.63) is 63.8 Å². The van der Waals surface area contributed by atoms with Gasteiger partial charge in [-0.2, -0.15) is 0 Å². The number of primary amides is 1. The summed E-state index contributed by atoms with van der Waals surface area (Å²) in [7, 11) is 0. The van der Waals surface area contributed by atoms with Gasteiger partial charge < -0.3 is 10.6 Å². The quantitative estimate of drug-likeness (QED) is 0.651. The predicted molar refractivity (Wildman–Crippen MR) is 93.3 cm³/mol. The van der Waals surface area contributed by atoms with Crippen LogP contribution >= 0.6 is 0 Å². The van der Waals surface area contributed by atoms with Gasteiger partial charge in [-0.25, -0.2) is 4.98 Å². The van der Waals surface area contributed by atoms with Gasteiger partial charge in [-0.15, -0.1) is 0 Å². The number of piperazine rings is 1. The van der Waals surface area contributed by atoms with Gasteiger partial charge in [0.05, 0.1) is 4.92 Å². The number of carbonyl (C=O) groups is 1. The summed E-state index contributed by atoms with van der Waals surface area (Å²) >= 11 is 0. The van der Waals surface area contributed by atoms with Crippen molar-refractivity contribution in [2.75, 3.05) is 31.1 Å². The Labute approximate surface area is 145 Å². The average molecular weight is 341 g/mol. The molecular formula is C17H19N5O3. The second-order valence-corrected chi connectivity index (χ2v) is 5.92. The summed E-state index contributed by atoms with van der Waals surface area (Å²) in [4.78, 5) is 30.8. The third-order valence-corrected chi connectivity index (χ3v) is 4.31. The zero-order valence-electron chi connectivity index (χ0n) is 13.7. The number of anilines is 1. The van der Waals surface area contributed by atoms with Gasteiger partial charge in [0.1, 0.15) is 5.82 Å². The molecule has 2 aromatic rings. The number of pyridine rings is 1. The minimum Gasteiger partial charge on any atom is -0.366 e. The monoisotopic (exact) mass is 341 g/mol. The number of aromatic nitrogens is 1. The highest BCUT2D eigenvalue weighted by Gasteiger charge is 2.22.